The average molecular weight is 186 g/mol. The lowest BCUT2D eigenvalue weighted by atomic mass is 9.99. The predicted octanol–water partition coefficient (Wildman–Crippen LogP) is 2.36. The first-order valence-electron chi connectivity index (χ1n) is 4.95. The SMILES string of the molecule is CC.CN1CCCC(F)(C#N)CC1. The molecule has 2 nitrogen and oxygen atoms in total. The van der Waals surface area contributed by atoms with Crippen LogP contribution < -0.4 is 0 Å². The topological polar surface area (TPSA) is 27.0 Å². The van der Waals surface area contributed by atoms with Gasteiger partial charge in [-0.2, -0.15) is 5.26 Å². The first-order valence-corrected chi connectivity index (χ1v) is 4.95. The summed E-state index contributed by atoms with van der Waals surface area (Å²) in [5.74, 6) is 0. The van der Waals surface area contributed by atoms with E-state index >= 15 is 0 Å². The van der Waals surface area contributed by atoms with Crippen molar-refractivity contribution in [3.05, 3.63) is 0 Å². The molecule has 0 N–H and O–H groups in total. The Hall–Kier alpha value is -0.620. The van der Waals surface area contributed by atoms with E-state index in [0.29, 0.717) is 19.4 Å². The van der Waals surface area contributed by atoms with Gasteiger partial charge in [0.05, 0.1) is 0 Å². The molecule has 1 fully saturated rings. The molecule has 1 aliphatic heterocycles. The van der Waals surface area contributed by atoms with E-state index in [1.54, 1.807) is 6.07 Å². The molecule has 0 aliphatic carbocycles. The summed E-state index contributed by atoms with van der Waals surface area (Å²) in [6.45, 7) is 5.61. The summed E-state index contributed by atoms with van der Waals surface area (Å²) in [4.78, 5) is 2.07. The number of nitrogens with zero attached hydrogens (tertiary/aromatic N) is 2. The van der Waals surface area contributed by atoms with Crippen molar-refractivity contribution in [1.29, 1.82) is 5.26 Å². The Morgan fingerprint density at radius 1 is 1.31 bits per heavy atom. The second kappa shape index (κ2) is 5.93. The highest BCUT2D eigenvalue weighted by Gasteiger charge is 2.31. The van der Waals surface area contributed by atoms with Crippen LogP contribution in [0.15, 0.2) is 0 Å². The Labute approximate surface area is 80.3 Å². The van der Waals surface area contributed by atoms with Crippen LogP contribution in [0, 0.1) is 11.3 Å². The lowest BCUT2D eigenvalue weighted by Crippen LogP contribution is -2.23. The zero-order chi connectivity index (χ0) is 10.3. The number of likely N-dealkylation sites (tertiary alicyclic amines) is 1. The molecule has 1 rings (SSSR count). The molecule has 0 radical (unpaired) electrons. The van der Waals surface area contributed by atoms with E-state index in [2.05, 4.69) is 4.90 Å². The van der Waals surface area contributed by atoms with Crippen LogP contribution in [-0.4, -0.2) is 30.7 Å². The standard InChI is InChI=1S/C8H13FN2.C2H6/c1-11-5-2-3-8(9,7-10)4-6-11;1-2/h2-6H2,1H3;1-2H3. The molecule has 0 aromatic rings. The first kappa shape index (κ1) is 12.4. The molecule has 3 heteroatoms. The van der Waals surface area contributed by atoms with E-state index in [9.17, 15) is 4.39 Å². The van der Waals surface area contributed by atoms with E-state index in [-0.39, 0.29) is 0 Å². The Morgan fingerprint density at radius 2 is 1.92 bits per heavy atom. The number of hydrogen-bond donors (Lipinski definition) is 0. The van der Waals surface area contributed by atoms with E-state index in [1.807, 2.05) is 20.9 Å². The minimum absolute atomic E-state index is 0.361. The van der Waals surface area contributed by atoms with Crippen molar-refractivity contribution in [3.8, 4) is 6.07 Å². The van der Waals surface area contributed by atoms with Gasteiger partial charge in [-0.05, 0) is 26.4 Å². The van der Waals surface area contributed by atoms with Crippen LogP contribution in [-0.2, 0) is 0 Å². The van der Waals surface area contributed by atoms with Crippen LogP contribution >= 0.6 is 0 Å². The summed E-state index contributed by atoms with van der Waals surface area (Å²) < 4.78 is 13.3. The van der Waals surface area contributed by atoms with Gasteiger partial charge in [-0.25, -0.2) is 4.39 Å². The zero-order valence-corrected chi connectivity index (χ0v) is 8.81. The molecule has 1 atom stereocenters. The van der Waals surface area contributed by atoms with E-state index in [1.165, 1.54) is 0 Å². The van der Waals surface area contributed by atoms with Crippen molar-refractivity contribution in [1.82, 2.24) is 4.90 Å². The Kier molecular flexibility index (Phi) is 5.65. The lowest BCUT2D eigenvalue weighted by molar-refractivity contribution is 0.210. The summed E-state index contributed by atoms with van der Waals surface area (Å²) in [5, 5.41) is 8.52. The molecule has 76 valence electrons. The van der Waals surface area contributed by atoms with Gasteiger partial charge in [0.25, 0.3) is 0 Å². The summed E-state index contributed by atoms with van der Waals surface area (Å²) in [5.41, 5.74) is -1.55. The Morgan fingerprint density at radius 3 is 2.46 bits per heavy atom. The van der Waals surface area contributed by atoms with Crippen LogP contribution in [0.1, 0.15) is 33.1 Å². The van der Waals surface area contributed by atoms with E-state index in [4.69, 9.17) is 5.26 Å². The van der Waals surface area contributed by atoms with Crippen molar-refractivity contribution in [3.63, 3.8) is 0 Å². The summed E-state index contributed by atoms with van der Waals surface area (Å²) in [6.07, 6.45) is 1.55. The molecule has 0 amide bonds. The zero-order valence-electron chi connectivity index (χ0n) is 8.81. The second-order valence-electron chi connectivity index (χ2n) is 3.23. The van der Waals surface area contributed by atoms with Crippen molar-refractivity contribution >= 4 is 0 Å². The van der Waals surface area contributed by atoms with Crippen LogP contribution in [0.5, 0.6) is 0 Å². The number of hydrogen-bond acceptors (Lipinski definition) is 2. The van der Waals surface area contributed by atoms with Gasteiger partial charge < -0.3 is 4.90 Å². The third kappa shape index (κ3) is 4.23. The van der Waals surface area contributed by atoms with Crippen molar-refractivity contribution in [2.75, 3.05) is 20.1 Å². The molecule has 0 spiro atoms. The summed E-state index contributed by atoms with van der Waals surface area (Å²) in [7, 11) is 1.96. The fraction of sp³-hybridized carbons (Fsp3) is 0.900. The monoisotopic (exact) mass is 186 g/mol. The number of rotatable bonds is 0. The fourth-order valence-corrected chi connectivity index (χ4v) is 1.35. The van der Waals surface area contributed by atoms with Crippen LogP contribution in [0.2, 0.25) is 0 Å². The molecule has 0 aromatic carbocycles. The number of nitriles is 1. The molecular weight excluding hydrogens is 167 g/mol. The van der Waals surface area contributed by atoms with Crippen molar-refractivity contribution in [2.24, 2.45) is 0 Å². The van der Waals surface area contributed by atoms with Gasteiger partial charge in [-0.15, -0.1) is 0 Å². The Bertz CT molecular complexity index is 176. The van der Waals surface area contributed by atoms with Crippen LogP contribution in [0.25, 0.3) is 0 Å². The average Bonchev–Trinajstić information content (AvgIpc) is 2.33. The third-order valence-corrected chi connectivity index (χ3v) is 2.20. The van der Waals surface area contributed by atoms with Gasteiger partial charge >= 0.3 is 0 Å². The first-order chi connectivity index (χ1) is 6.16. The third-order valence-electron chi connectivity index (χ3n) is 2.20. The normalized spacial score (nSPS) is 29.5. The fourth-order valence-electron chi connectivity index (χ4n) is 1.35. The summed E-state index contributed by atoms with van der Waals surface area (Å²) in [6, 6.07) is 1.75. The van der Waals surface area contributed by atoms with Crippen LogP contribution in [0.4, 0.5) is 4.39 Å². The minimum atomic E-state index is -1.55. The van der Waals surface area contributed by atoms with Crippen molar-refractivity contribution in [2.45, 2.75) is 38.8 Å². The number of alkyl halides is 1. The molecular formula is C10H19FN2. The maximum absolute atomic E-state index is 13.3. The molecule has 0 bridgehead atoms. The van der Waals surface area contributed by atoms with E-state index < -0.39 is 5.67 Å². The quantitative estimate of drug-likeness (QED) is 0.580. The van der Waals surface area contributed by atoms with Gasteiger partial charge in [0.15, 0.2) is 5.67 Å². The maximum Gasteiger partial charge on any atom is 0.197 e. The highest BCUT2D eigenvalue weighted by molar-refractivity contribution is 5.01. The molecule has 1 heterocycles. The molecule has 1 saturated heterocycles. The summed E-state index contributed by atoms with van der Waals surface area (Å²) >= 11 is 0. The van der Waals surface area contributed by atoms with Gasteiger partial charge in [-0.3, -0.25) is 0 Å². The van der Waals surface area contributed by atoms with Gasteiger partial charge in [0.2, 0.25) is 0 Å². The van der Waals surface area contributed by atoms with E-state index in [0.717, 1.165) is 13.0 Å². The van der Waals surface area contributed by atoms with Crippen molar-refractivity contribution < 1.29 is 4.39 Å². The highest BCUT2D eigenvalue weighted by Crippen LogP contribution is 2.24. The van der Waals surface area contributed by atoms with Gasteiger partial charge in [0.1, 0.15) is 6.07 Å². The minimum Gasteiger partial charge on any atom is -0.306 e. The molecule has 1 unspecified atom stereocenters. The molecule has 1 aliphatic rings. The number of halogens is 1. The maximum atomic E-state index is 13.3. The smallest absolute Gasteiger partial charge is 0.197 e. The van der Waals surface area contributed by atoms with Gasteiger partial charge in [-0.1, -0.05) is 13.8 Å². The second-order valence-corrected chi connectivity index (χ2v) is 3.23. The van der Waals surface area contributed by atoms with Gasteiger partial charge in [0, 0.05) is 13.0 Å². The lowest BCUT2D eigenvalue weighted by Gasteiger charge is -2.14. The van der Waals surface area contributed by atoms with Crippen LogP contribution in [0.3, 0.4) is 0 Å². The highest BCUT2D eigenvalue weighted by atomic mass is 19.1. The largest absolute Gasteiger partial charge is 0.306 e. The molecule has 13 heavy (non-hydrogen) atoms. The molecule has 0 aromatic heterocycles. The Balaban J connectivity index is 0.000000671. The molecule has 0 saturated carbocycles. The predicted molar refractivity (Wildman–Crippen MR) is 52.1 cm³/mol.